The zero-order chi connectivity index (χ0) is 16.5. The lowest BCUT2D eigenvalue weighted by Gasteiger charge is -2.26. The molecule has 1 aromatic heterocycles. The summed E-state index contributed by atoms with van der Waals surface area (Å²) in [5.74, 6) is 0.0432. The van der Waals surface area contributed by atoms with Crippen LogP contribution in [0.3, 0.4) is 0 Å². The van der Waals surface area contributed by atoms with Crippen LogP contribution in [0.25, 0.3) is 0 Å². The van der Waals surface area contributed by atoms with Crippen molar-refractivity contribution in [3.05, 3.63) is 35.1 Å². The van der Waals surface area contributed by atoms with Gasteiger partial charge in [-0.05, 0) is 12.1 Å². The highest BCUT2D eigenvalue weighted by atomic mass is 35.5. The lowest BCUT2D eigenvalue weighted by atomic mass is 10.3. The first kappa shape index (κ1) is 17.2. The molecule has 1 saturated heterocycles. The van der Waals surface area contributed by atoms with Gasteiger partial charge in [-0.25, -0.2) is 4.98 Å². The highest BCUT2D eigenvalue weighted by molar-refractivity contribution is 6.30. The highest BCUT2D eigenvalue weighted by Crippen LogP contribution is 2.11. The summed E-state index contributed by atoms with van der Waals surface area (Å²) < 4.78 is 5.26. The molecular weight excluding hydrogens is 318 g/mol. The molecule has 7 nitrogen and oxygen atoms in total. The fourth-order valence-electron chi connectivity index (χ4n) is 2.03. The summed E-state index contributed by atoms with van der Waals surface area (Å²) in [6.07, 6.45) is 2.86. The van der Waals surface area contributed by atoms with Gasteiger partial charge in [0.15, 0.2) is 0 Å². The van der Waals surface area contributed by atoms with Gasteiger partial charge in [0, 0.05) is 43.6 Å². The number of nitrogens with one attached hydrogen (secondary N) is 2. The minimum absolute atomic E-state index is 0.0197. The van der Waals surface area contributed by atoms with E-state index in [0.29, 0.717) is 30.6 Å². The Balaban J connectivity index is 1.80. The van der Waals surface area contributed by atoms with E-state index in [2.05, 4.69) is 20.5 Å². The number of amides is 1. The predicted molar refractivity (Wildman–Crippen MR) is 86.8 cm³/mol. The number of rotatable bonds is 6. The van der Waals surface area contributed by atoms with Crippen molar-refractivity contribution in [1.29, 1.82) is 5.26 Å². The van der Waals surface area contributed by atoms with Crippen LogP contribution in [0.5, 0.6) is 0 Å². The van der Waals surface area contributed by atoms with Gasteiger partial charge in [0.1, 0.15) is 17.5 Å². The monoisotopic (exact) mass is 335 g/mol. The van der Waals surface area contributed by atoms with E-state index in [1.807, 2.05) is 6.07 Å². The molecule has 1 fully saturated rings. The number of morpholine rings is 1. The van der Waals surface area contributed by atoms with E-state index in [-0.39, 0.29) is 5.57 Å². The number of hydrogen-bond acceptors (Lipinski definition) is 6. The van der Waals surface area contributed by atoms with E-state index in [0.717, 1.165) is 19.6 Å². The van der Waals surface area contributed by atoms with Crippen LogP contribution in [0, 0.1) is 11.3 Å². The van der Waals surface area contributed by atoms with Gasteiger partial charge in [0.2, 0.25) is 0 Å². The summed E-state index contributed by atoms with van der Waals surface area (Å²) in [5, 5.41) is 15.1. The van der Waals surface area contributed by atoms with Gasteiger partial charge in [-0.3, -0.25) is 9.69 Å². The van der Waals surface area contributed by atoms with E-state index >= 15 is 0 Å². The molecule has 0 atom stereocenters. The summed E-state index contributed by atoms with van der Waals surface area (Å²) in [6.45, 7) is 4.36. The van der Waals surface area contributed by atoms with E-state index in [9.17, 15) is 4.79 Å². The van der Waals surface area contributed by atoms with E-state index in [1.54, 1.807) is 12.1 Å². The largest absolute Gasteiger partial charge is 0.379 e. The third-order valence-corrected chi connectivity index (χ3v) is 3.50. The summed E-state index contributed by atoms with van der Waals surface area (Å²) >= 11 is 5.84. The molecule has 0 unspecified atom stereocenters. The van der Waals surface area contributed by atoms with Gasteiger partial charge in [-0.15, -0.1) is 0 Å². The molecule has 23 heavy (non-hydrogen) atoms. The number of nitrogens with zero attached hydrogens (tertiary/aromatic N) is 3. The average molecular weight is 336 g/mol. The lowest BCUT2D eigenvalue weighted by Crippen LogP contribution is -2.41. The number of hydrogen-bond donors (Lipinski definition) is 2. The Kier molecular flexibility index (Phi) is 6.81. The third-order valence-electron chi connectivity index (χ3n) is 3.27. The maximum absolute atomic E-state index is 12.0. The summed E-state index contributed by atoms with van der Waals surface area (Å²) in [4.78, 5) is 18.2. The topological polar surface area (TPSA) is 90.3 Å². The number of halogens is 1. The molecule has 0 aromatic carbocycles. The number of carbonyl (C=O) groups is 1. The van der Waals surface area contributed by atoms with E-state index in [1.165, 1.54) is 12.4 Å². The zero-order valence-corrected chi connectivity index (χ0v) is 13.3. The van der Waals surface area contributed by atoms with Crippen LogP contribution < -0.4 is 10.6 Å². The lowest BCUT2D eigenvalue weighted by molar-refractivity contribution is -0.117. The highest BCUT2D eigenvalue weighted by Gasteiger charge is 2.12. The van der Waals surface area contributed by atoms with Crippen molar-refractivity contribution in [3.63, 3.8) is 0 Å². The molecule has 0 radical (unpaired) electrons. The molecular formula is C15H18ClN5O2. The molecule has 0 aliphatic carbocycles. The zero-order valence-electron chi connectivity index (χ0n) is 12.6. The number of nitriles is 1. The number of aromatic nitrogens is 1. The van der Waals surface area contributed by atoms with Crippen molar-refractivity contribution >= 4 is 23.3 Å². The van der Waals surface area contributed by atoms with Crippen molar-refractivity contribution in [1.82, 2.24) is 15.2 Å². The Bertz CT molecular complexity index is 608. The number of anilines is 1. The van der Waals surface area contributed by atoms with E-state index < -0.39 is 5.91 Å². The van der Waals surface area contributed by atoms with Crippen molar-refractivity contribution in [3.8, 4) is 6.07 Å². The van der Waals surface area contributed by atoms with Crippen LogP contribution in [-0.2, 0) is 9.53 Å². The first-order valence-corrected chi connectivity index (χ1v) is 7.63. The molecule has 2 heterocycles. The average Bonchev–Trinajstić information content (AvgIpc) is 2.56. The van der Waals surface area contributed by atoms with Gasteiger partial charge in [-0.1, -0.05) is 11.6 Å². The Morgan fingerprint density at radius 1 is 1.52 bits per heavy atom. The SMILES string of the molecule is N#C/C(=C/Nc1cc(Cl)ccn1)C(=O)NCCN1CCOCC1. The molecule has 1 aliphatic rings. The number of ether oxygens (including phenoxy) is 1. The summed E-state index contributed by atoms with van der Waals surface area (Å²) in [6, 6.07) is 5.11. The fraction of sp³-hybridized carbons (Fsp3) is 0.400. The quantitative estimate of drug-likeness (QED) is 0.595. The predicted octanol–water partition coefficient (Wildman–Crippen LogP) is 1.00. The van der Waals surface area contributed by atoms with Gasteiger partial charge in [0.25, 0.3) is 5.91 Å². The first-order chi connectivity index (χ1) is 11.2. The van der Waals surface area contributed by atoms with Crippen molar-refractivity contribution < 1.29 is 9.53 Å². The molecule has 1 amide bonds. The number of pyridine rings is 1. The second-order valence-corrected chi connectivity index (χ2v) is 5.32. The normalized spacial score (nSPS) is 15.7. The fourth-order valence-corrected chi connectivity index (χ4v) is 2.19. The Morgan fingerprint density at radius 2 is 2.30 bits per heavy atom. The van der Waals surface area contributed by atoms with Crippen LogP contribution in [0.2, 0.25) is 5.02 Å². The minimum Gasteiger partial charge on any atom is -0.379 e. The Morgan fingerprint density at radius 3 is 3.00 bits per heavy atom. The van der Waals surface area contributed by atoms with Crippen LogP contribution in [0.4, 0.5) is 5.82 Å². The summed E-state index contributed by atoms with van der Waals surface area (Å²) in [5.41, 5.74) is -0.0197. The van der Waals surface area contributed by atoms with Crippen molar-refractivity contribution in [2.45, 2.75) is 0 Å². The molecule has 0 saturated carbocycles. The second-order valence-electron chi connectivity index (χ2n) is 4.88. The molecule has 1 aliphatic heterocycles. The summed E-state index contributed by atoms with van der Waals surface area (Å²) in [7, 11) is 0. The van der Waals surface area contributed by atoms with Crippen molar-refractivity contribution in [2.24, 2.45) is 0 Å². The Hall–Kier alpha value is -2.14. The maximum atomic E-state index is 12.0. The molecule has 8 heteroatoms. The van der Waals surface area contributed by atoms with Crippen LogP contribution in [-0.4, -0.2) is 55.2 Å². The van der Waals surface area contributed by atoms with Gasteiger partial charge in [0.05, 0.1) is 13.2 Å². The molecule has 122 valence electrons. The molecule has 2 rings (SSSR count). The van der Waals surface area contributed by atoms with Gasteiger partial charge < -0.3 is 15.4 Å². The maximum Gasteiger partial charge on any atom is 0.263 e. The molecule has 0 spiro atoms. The molecule has 1 aromatic rings. The first-order valence-electron chi connectivity index (χ1n) is 7.25. The van der Waals surface area contributed by atoms with Crippen LogP contribution in [0.15, 0.2) is 30.1 Å². The van der Waals surface area contributed by atoms with E-state index in [4.69, 9.17) is 21.6 Å². The van der Waals surface area contributed by atoms with Crippen molar-refractivity contribution in [2.75, 3.05) is 44.7 Å². The van der Waals surface area contributed by atoms with Crippen LogP contribution in [0.1, 0.15) is 0 Å². The smallest absolute Gasteiger partial charge is 0.263 e. The number of carbonyl (C=O) groups excluding carboxylic acids is 1. The minimum atomic E-state index is -0.421. The standard InChI is InChI=1S/C15H18ClN5O2/c16-13-1-2-18-14(9-13)20-11-12(10-17)15(22)19-3-4-21-5-7-23-8-6-21/h1-2,9,11H,3-8H2,(H,18,20)(H,19,22)/b12-11-. The second kappa shape index (κ2) is 9.10. The van der Waals surface area contributed by atoms with Gasteiger partial charge >= 0.3 is 0 Å². The Labute approximate surface area is 139 Å². The molecule has 0 bridgehead atoms. The van der Waals surface area contributed by atoms with Gasteiger partial charge in [-0.2, -0.15) is 5.26 Å². The van der Waals surface area contributed by atoms with Crippen LogP contribution >= 0.6 is 11.6 Å². The third kappa shape index (κ3) is 5.87. The molecule has 2 N–H and O–H groups in total.